The van der Waals surface area contributed by atoms with Crippen LogP contribution in [-0.2, 0) is 0 Å². The van der Waals surface area contributed by atoms with E-state index >= 15 is 0 Å². The van der Waals surface area contributed by atoms with Crippen LogP contribution in [0.2, 0.25) is 5.28 Å². The second-order valence-corrected chi connectivity index (χ2v) is 5.87. The van der Waals surface area contributed by atoms with Crippen LogP contribution in [0.1, 0.15) is 23.5 Å². The Labute approximate surface area is 148 Å². The summed E-state index contributed by atoms with van der Waals surface area (Å²) in [5.74, 6) is 1.14. The average Bonchev–Trinajstić information content (AvgIpc) is 3.03. The first-order valence-corrected chi connectivity index (χ1v) is 8.05. The summed E-state index contributed by atoms with van der Waals surface area (Å²) in [4.78, 5) is 0. The summed E-state index contributed by atoms with van der Waals surface area (Å²) >= 11 is 5.96. The Morgan fingerprint density at radius 1 is 1.20 bits per heavy atom. The molecule has 6 nitrogen and oxygen atoms in total. The van der Waals surface area contributed by atoms with E-state index < -0.39 is 0 Å². The minimum absolute atomic E-state index is 0.159. The van der Waals surface area contributed by atoms with Gasteiger partial charge in [0.25, 0.3) is 0 Å². The van der Waals surface area contributed by atoms with Crippen molar-refractivity contribution in [2.45, 2.75) is 12.3 Å². The molecule has 0 bridgehead atoms. The zero-order chi connectivity index (χ0) is 17.2. The third-order valence-electron chi connectivity index (χ3n) is 3.94. The van der Waals surface area contributed by atoms with Crippen LogP contribution in [0.15, 0.2) is 54.6 Å². The highest BCUT2D eigenvalue weighted by atomic mass is 35.5. The highest BCUT2D eigenvalue weighted by Gasteiger charge is 2.16. The molecule has 7 heteroatoms. The Kier molecular flexibility index (Phi) is 3.92. The molecule has 1 aliphatic carbocycles. The molecule has 0 radical (unpaired) electrons. The van der Waals surface area contributed by atoms with Crippen LogP contribution in [0.4, 0.5) is 0 Å². The lowest BCUT2D eigenvalue weighted by atomic mass is 9.91. The van der Waals surface area contributed by atoms with Crippen molar-refractivity contribution in [1.82, 2.24) is 19.8 Å². The number of allylic oxidation sites excluding steroid dienone is 4. The number of ether oxygens (including phenoxy) is 1. The molecule has 122 valence electrons. The number of nitrogens with zero attached hydrogens (tertiary/aromatic N) is 5. The Bertz CT molecular complexity index is 1050. The molecule has 25 heavy (non-hydrogen) atoms. The first-order chi connectivity index (χ1) is 12.2. The molecule has 0 N–H and O–H groups in total. The number of halogens is 1. The number of nitriles is 1. The van der Waals surface area contributed by atoms with Gasteiger partial charge in [0, 0.05) is 17.5 Å². The maximum absolute atomic E-state index is 9.19. The Morgan fingerprint density at radius 2 is 2.12 bits per heavy atom. The normalized spacial score (nSPS) is 16.1. The lowest BCUT2D eigenvalue weighted by Crippen LogP contribution is -2.02. The van der Waals surface area contributed by atoms with Crippen LogP contribution >= 0.6 is 11.6 Å². The number of fused-ring (bicyclic) bond motifs is 1. The van der Waals surface area contributed by atoms with Crippen molar-refractivity contribution in [3.8, 4) is 17.7 Å². The van der Waals surface area contributed by atoms with Gasteiger partial charge in [-0.3, -0.25) is 0 Å². The van der Waals surface area contributed by atoms with Crippen molar-refractivity contribution in [2.75, 3.05) is 0 Å². The van der Waals surface area contributed by atoms with Crippen LogP contribution in [0.3, 0.4) is 0 Å². The molecule has 0 aliphatic heterocycles. The number of aromatic nitrogens is 4. The summed E-state index contributed by atoms with van der Waals surface area (Å²) in [6, 6.07) is 11.0. The van der Waals surface area contributed by atoms with E-state index in [-0.39, 0.29) is 11.2 Å². The highest BCUT2D eigenvalue weighted by Crippen LogP contribution is 2.35. The van der Waals surface area contributed by atoms with Crippen LogP contribution in [-0.4, -0.2) is 19.8 Å². The molecule has 4 rings (SSSR count). The van der Waals surface area contributed by atoms with Gasteiger partial charge in [-0.15, -0.1) is 15.3 Å². The number of hydrogen-bond donors (Lipinski definition) is 0. The average molecular weight is 350 g/mol. The minimum Gasteiger partial charge on any atom is -0.437 e. The van der Waals surface area contributed by atoms with Gasteiger partial charge in [-0.25, -0.2) is 0 Å². The van der Waals surface area contributed by atoms with Crippen LogP contribution in [0, 0.1) is 11.3 Å². The molecule has 2 aromatic heterocycles. The molecule has 0 fully saturated rings. The SMILES string of the molecule is N#Cc1ccc(C2C=CC=CC2)c(Oc2ccc3nnc(Cl)n3n2)c1. The van der Waals surface area contributed by atoms with Gasteiger partial charge in [0.1, 0.15) is 5.75 Å². The summed E-state index contributed by atoms with van der Waals surface area (Å²) in [5.41, 5.74) is 2.05. The zero-order valence-corrected chi connectivity index (χ0v) is 13.8. The molecule has 2 heterocycles. The monoisotopic (exact) mass is 349 g/mol. The van der Waals surface area contributed by atoms with Crippen molar-refractivity contribution in [2.24, 2.45) is 0 Å². The second kappa shape index (κ2) is 6.38. The lowest BCUT2D eigenvalue weighted by Gasteiger charge is -2.18. The first kappa shape index (κ1) is 15.4. The van der Waals surface area contributed by atoms with E-state index in [2.05, 4.69) is 33.5 Å². The third kappa shape index (κ3) is 2.97. The third-order valence-corrected chi connectivity index (χ3v) is 4.17. The maximum atomic E-state index is 9.19. The smallest absolute Gasteiger partial charge is 0.246 e. The van der Waals surface area contributed by atoms with Crippen LogP contribution in [0.5, 0.6) is 11.6 Å². The zero-order valence-electron chi connectivity index (χ0n) is 13.0. The fourth-order valence-electron chi connectivity index (χ4n) is 2.72. The fourth-order valence-corrected chi connectivity index (χ4v) is 2.88. The van der Waals surface area contributed by atoms with Crippen molar-refractivity contribution >= 4 is 17.2 Å². The Balaban J connectivity index is 1.74. The molecule has 1 aromatic carbocycles. The van der Waals surface area contributed by atoms with E-state index in [1.807, 2.05) is 18.2 Å². The standard InChI is InChI=1S/C18H12ClN5O/c19-18-22-21-16-8-9-17(23-24(16)18)25-15-10-12(11-20)6-7-14(15)13-4-2-1-3-5-13/h1-4,6-10,13H,5H2. The van der Waals surface area contributed by atoms with E-state index in [0.29, 0.717) is 22.8 Å². The van der Waals surface area contributed by atoms with Gasteiger partial charge in [-0.05, 0) is 36.2 Å². The molecule has 1 atom stereocenters. The largest absolute Gasteiger partial charge is 0.437 e. The van der Waals surface area contributed by atoms with Crippen molar-refractivity contribution < 1.29 is 4.74 Å². The molecule has 1 unspecified atom stereocenters. The predicted molar refractivity (Wildman–Crippen MR) is 92.7 cm³/mol. The molecular weight excluding hydrogens is 338 g/mol. The molecule has 0 saturated carbocycles. The van der Waals surface area contributed by atoms with E-state index in [9.17, 15) is 5.26 Å². The topological polar surface area (TPSA) is 76.1 Å². The number of rotatable bonds is 3. The maximum Gasteiger partial charge on any atom is 0.246 e. The number of hydrogen-bond acceptors (Lipinski definition) is 5. The summed E-state index contributed by atoms with van der Waals surface area (Å²) in [7, 11) is 0. The molecule has 0 spiro atoms. The Hall–Kier alpha value is -3.17. The van der Waals surface area contributed by atoms with Crippen LogP contribution in [0.25, 0.3) is 5.65 Å². The van der Waals surface area contributed by atoms with E-state index in [1.165, 1.54) is 4.52 Å². The van der Waals surface area contributed by atoms with Crippen molar-refractivity contribution in [3.05, 3.63) is 71.0 Å². The lowest BCUT2D eigenvalue weighted by molar-refractivity contribution is 0.445. The van der Waals surface area contributed by atoms with Crippen molar-refractivity contribution in [1.29, 1.82) is 5.26 Å². The van der Waals surface area contributed by atoms with Gasteiger partial charge >= 0.3 is 0 Å². The quantitative estimate of drug-likeness (QED) is 0.713. The van der Waals surface area contributed by atoms with Gasteiger partial charge in [0.05, 0.1) is 11.6 Å². The van der Waals surface area contributed by atoms with Crippen molar-refractivity contribution in [3.63, 3.8) is 0 Å². The number of benzene rings is 1. The van der Waals surface area contributed by atoms with E-state index in [1.54, 1.807) is 24.3 Å². The summed E-state index contributed by atoms with van der Waals surface area (Å²) in [6.45, 7) is 0. The molecule has 3 aromatic rings. The first-order valence-electron chi connectivity index (χ1n) is 7.68. The molecule has 0 saturated heterocycles. The van der Waals surface area contributed by atoms with Crippen LogP contribution < -0.4 is 4.74 Å². The van der Waals surface area contributed by atoms with Gasteiger partial charge in [-0.1, -0.05) is 30.4 Å². The summed E-state index contributed by atoms with van der Waals surface area (Å²) < 4.78 is 7.38. The Morgan fingerprint density at radius 3 is 2.92 bits per heavy atom. The molecular formula is C18H12ClN5O. The second-order valence-electron chi connectivity index (χ2n) is 5.53. The fraction of sp³-hybridized carbons (Fsp3) is 0.111. The minimum atomic E-state index is 0.159. The van der Waals surface area contributed by atoms with Gasteiger partial charge < -0.3 is 4.74 Å². The predicted octanol–water partition coefficient (Wildman–Crippen LogP) is 4.04. The van der Waals surface area contributed by atoms with Gasteiger partial charge in [-0.2, -0.15) is 9.78 Å². The van der Waals surface area contributed by atoms with Gasteiger partial charge in [0.15, 0.2) is 5.65 Å². The molecule has 1 aliphatic rings. The van der Waals surface area contributed by atoms with E-state index in [4.69, 9.17) is 16.3 Å². The highest BCUT2D eigenvalue weighted by molar-refractivity contribution is 6.28. The summed E-state index contributed by atoms with van der Waals surface area (Å²) in [5, 5.41) is 21.3. The summed E-state index contributed by atoms with van der Waals surface area (Å²) in [6.07, 6.45) is 9.12. The van der Waals surface area contributed by atoms with Gasteiger partial charge in [0.2, 0.25) is 11.2 Å². The van der Waals surface area contributed by atoms with E-state index in [0.717, 1.165) is 12.0 Å². The molecule has 0 amide bonds.